The zero-order valence-electron chi connectivity index (χ0n) is 11.5. The molecule has 0 bridgehead atoms. The average molecular weight is 378 g/mol. The molecule has 0 atom stereocenters. The fraction of sp³-hybridized carbons (Fsp3) is 0.571. The molecule has 0 unspecified atom stereocenters. The number of nitrogens with zero attached hydrogens (tertiary/aromatic N) is 1. The van der Waals surface area contributed by atoms with Gasteiger partial charge in [0.05, 0.1) is 5.69 Å². The van der Waals surface area contributed by atoms with E-state index in [1.54, 1.807) is 0 Å². The molecule has 0 aromatic heterocycles. The predicted octanol–water partition coefficient (Wildman–Crippen LogP) is 4.46. The van der Waals surface area contributed by atoms with Crippen molar-refractivity contribution in [2.75, 3.05) is 12.3 Å². The van der Waals surface area contributed by atoms with E-state index < -0.39 is 0 Å². The summed E-state index contributed by atoms with van der Waals surface area (Å²) >= 11 is 6.99. The second-order valence-electron chi connectivity index (χ2n) is 5.15. The first-order valence-electron chi connectivity index (χ1n) is 6.32. The number of nitrogen functional groups attached to an aromatic ring is 1. The maximum Gasteiger partial charge on any atom is 0.0603 e. The third-order valence-electron chi connectivity index (χ3n) is 3.12. The van der Waals surface area contributed by atoms with Crippen molar-refractivity contribution in [1.82, 2.24) is 4.90 Å². The Hall–Kier alpha value is -0.0600. The summed E-state index contributed by atoms with van der Waals surface area (Å²) in [5.74, 6) is 0. The van der Waals surface area contributed by atoms with Crippen LogP contribution in [-0.4, -0.2) is 23.5 Å². The van der Waals surface area contributed by atoms with Gasteiger partial charge in [0, 0.05) is 27.6 Å². The molecule has 2 nitrogen and oxygen atoms in total. The monoisotopic (exact) mass is 376 g/mol. The number of halogens is 2. The molecule has 1 rings (SSSR count). The van der Waals surface area contributed by atoms with Crippen LogP contribution >= 0.6 is 31.9 Å². The van der Waals surface area contributed by atoms with Crippen molar-refractivity contribution >= 4 is 37.5 Å². The second kappa shape index (κ2) is 6.92. The molecular weight excluding hydrogens is 356 g/mol. The summed E-state index contributed by atoms with van der Waals surface area (Å²) in [6.07, 6.45) is 1.04. The van der Waals surface area contributed by atoms with Gasteiger partial charge in [0.25, 0.3) is 0 Å². The van der Waals surface area contributed by atoms with Crippen LogP contribution in [0.5, 0.6) is 0 Å². The van der Waals surface area contributed by atoms with Gasteiger partial charge in [0.2, 0.25) is 0 Å². The fourth-order valence-corrected chi connectivity index (χ4v) is 3.43. The molecule has 1 aromatic carbocycles. The summed E-state index contributed by atoms with van der Waals surface area (Å²) in [6.45, 7) is 10.0. The Morgan fingerprint density at radius 3 is 1.89 bits per heavy atom. The number of hydrogen-bond acceptors (Lipinski definition) is 2. The molecule has 0 aliphatic heterocycles. The number of nitrogens with two attached hydrogens (primary N) is 1. The van der Waals surface area contributed by atoms with Crippen molar-refractivity contribution in [1.29, 1.82) is 0 Å². The topological polar surface area (TPSA) is 29.3 Å². The summed E-state index contributed by atoms with van der Waals surface area (Å²) in [7, 11) is 0. The van der Waals surface area contributed by atoms with E-state index in [4.69, 9.17) is 5.73 Å². The third kappa shape index (κ3) is 4.25. The molecule has 0 heterocycles. The molecule has 2 N–H and O–H groups in total. The minimum absolute atomic E-state index is 0.575. The highest BCUT2D eigenvalue weighted by Gasteiger charge is 2.13. The Labute approximate surface area is 127 Å². The predicted molar refractivity (Wildman–Crippen MR) is 86.9 cm³/mol. The maximum atomic E-state index is 5.90. The molecule has 0 amide bonds. The lowest BCUT2D eigenvalue weighted by atomic mass is 10.1. The Morgan fingerprint density at radius 2 is 1.50 bits per heavy atom. The molecule has 4 heteroatoms. The summed E-state index contributed by atoms with van der Waals surface area (Å²) in [6, 6.07) is 5.37. The van der Waals surface area contributed by atoms with Gasteiger partial charge in [0.15, 0.2) is 0 Å². The van der Waals surface area contributed by atoms with Gasteiger partial charge >= 0.3 is 0 Å². The summed E-state index contributed by atoms with van der Waals surface area (Å²) in [4.78, 5) is 2.50. The fourth-order valence-electron chi connectivity index (χ4n) is 2.15. The normalized spacial score (nSPS) is 11.8. The van der Waals surface area contributed by atoms with Crippen molar-refractivity contribution < 1.29 is 0 Å². The SMILES string of the molecule is CC(C)N(CCc1cc(Br)c(N)c(Br)c1)C(C)C. The van der Waals surface area contributed by atoms with E-state index in [0.717, 1.165) is 27.6 Å². The van der Waals surface area contributed by atoms with Gasteiger partial charge in [-0.1, -0.05) is 0 Å². The zero-order valence-corrected chi connectivity index (χ0v) is 14.7. The van der Waals surface area contributed by atoms with Crippen LogP contribution in [0.3, 0.4) is 0 Å². The van der Waals surface area contributed by atoms with E-state index >= 15 is 0 Å². The van der Waals surface area contributed by atoms with E-state index in [2.05, 4.69) is 76.6 Å². The van der Waals surface area contributed by atoms with Crippen LogP contribution in [0.1, 0.15) is 33.3 Å². The highest BCUT2D eigenvalue weighted by atomic mass is 79.9. The number of benzene rings is 1. The van der Waals surface area contributed by atoms with Crippen LogP contribution in [0.2, 0.25) is 0 Å². The lowest BCUT2D eigenvalue weighted by Gasteiger charge is -2.30. The number of hydrogen-bond donors (Lipinski definition) is 1. The first-order valence-corrected chi connectivity index (χ1v) is 7.90. The van der Waals surface area contributed by atoms with E-state index in [-0.39, 0.29) is 0 Å². The van der Waals surface area contributed by atoms with Crippen LogP contribution < -0.4 is 5.73 Å². The molecule has 0 spiro atoms. The van der Waals surface area contributed by atoms with Gasteiger partial charge < -0.3 is 5.73 Å². The third-order valence-corrected chi connectivity index (χ3v) is 4.44. The highest BCUT2D eigenvalue weighted by molar-refractivity contribution is 9.11. The van der Waals surface area contributed by atoms with Crippen LogP contribution in [0.25, 0.3) is 0 Å². The molecule has 0 fully saturated rings. The van der Waals surface area contributed by atoms with Crippen molar-refractivity contribution in [3.63, 3.8) is 0 Å². The standard InChI is InChI=1S/C14H22Br2N2/c1-9(2)18(10(3)4)6-5-11-7-12(15)14(17)13(16)8-11/h7-10H,5-6,17H2,1-4H3. The minimum Gasteiger partial charge on any atom is -0.397 e. The van der Waals surface area contributed by atoms with Crippen molar-refractivity contribution in [3.05, 3.63) is 26.6 Å². The van der Waals surface area contributed by atoms with Gasteiger partial charge in [-0.25, -0.2) is 0 Å². The van der Waals surface area contributed by atoms with Crippen molar-refractivity contribution in [2.24, 2.45) is 0 Å². The summed E-state index contributed by atoms with van der Waals surface area (Å²) < 4.78 is 1.93. The van der Waals surface area contributed by atoms with Crippen LogP contribution in [0.15, 0.2) is 21.1 Å². The zero-order chi connectivity index (χ0) is 13.9. The van der Waals surface area contributed by atoms with Crippen LogP contribution in [0, 0.1) is 0 Å². The molecule has 102 valence electrons. The lowest BCUT2D eigenvalue weighted by Crippen LogP contribution is -2.38. The molecule has 0 aliphatic rings. The van der Waals surface area contributed by atoms with Gasteiger partial charge in [-0.2, -0.15) is 0 Å². The van der Waals surface area contributed by atoms with Gasteiger partial charge in [0.1, 0.15) is 0 Å². The first-order chi connectivity index (χ1) is 8.32. The average Bonchev–Trinajstić information content (AvgIpc) is 2.24. The quantitative estimate of drug-likeness (QED) is 0.767. The second-order valence-corrected chi connectivity index (χ2v) is 6.86. The Balaban J connectivity index is 2.74. The first kappa shape index (κ1) is 16.0. The number of rotatable bonds is 5. The van der Waals surface area contributed by atoms with Crippen LogP contribution in [0.4, 0.5) is 5.69 Å². The minimum atomic E-state index is 0.575. The Morgan fingerprint density at radius 1 is 1.06 bits per heavy atom. The van der Waals surface area contributed by atoms with E-state index in [1.807, 2.05) is 0 Å². The molecule has 0 radical (unpaired) electrons. The Bertz CT molecular complexity index is 372. The summed E-state index contributed by atoms with van der Waals surface area (Å²) in [5.41, 5.74) is 7.97. The van der Waals surface area contributed by atoms with Crippen LogP contribution in [-0.2, 0) is 6.42 Å². The van der Waals surface area contributed by atoms with E-state index in [9.17, 15) is 0 Å². The summed E-state index contributed by atoms with van der Waals surface area (Å²) in [5, 5.41) is 0. The molecule has 18 heavy (non-hydrogen) atoms. The molecular formula is C14H22Br2N2. The largest absolute Gasteiger partial charge is 0.397 e. The smallest absolute Gasteiger partial charge is 0.0603 e. The highest BCUT2D eigenvalue weighted by Crippen LogP contribution is 2.29. The lowest BCUT2D eigenvalue weighted by molar-refractivity contribution is 0.177. The van der Waals surface area contributed by atoms with Gasteiger partial charge in [-0.05, 0) is 83.7 Å². The van der Waals surface area contributed by atoms with Crippen molar-refractivity contribution in [2.45, 2.75) is 46.2 Å². The molecule has 1 aromatic rings. The van der Waals surface area contributed by atoms with Gasteiger partial charge in [-0.15, -0.1) is 0 Å². The van der Waals surface area contributed by atoms with E-state index in [0.29, 0.717) is 12.1 Å². The van der Waals surface area contributed by atoms with E-state index in [1.165, 1.54) is 5.56 Å². The number of anilines is 1. The molecule has 0 aliphatic carbocycles. The van der Waals surface area contributed by atoms with Crippen molar-refractivity contribution in [3.8, 4) is 0 Å². The maximum absolute atomic E-state index is 5.90. The Kier molecular flexibility index (Phi) is 6.15. The molecule has 0 saturated heterocycles. The molecule has 0 saturated carbocycles. The van der Waals surface area contributed by atoms with Gasteiger partial charge in [-0.3, -0.25) is 4.90 Å².